The molecule has 1 aliphatic heterocycles. The van der Waals surface area contributed by atoms with Crippen molar-refractivity contribution in [1.29, 1.82) is 0 Å². The minimum atomic E-state index is -0.0313. The first kappa shape index (κ1) is 13.6. The van der Waals surface area contributed by atoms with Gasteiger partial charge in [0.15, 0.2) is 0 Å². The number of rotatable bonds is 3. The van der Waals surface area contributed by atoms with Crippen LogP contribution in [-0.2, 0) is 0 Å². The molecule has 0 spiro atoms. The lowest BCUT2D eigenvalue weighted by Gasteiger charge is -2.32. The van der Waals surface area contributed by atoms with Crippen LogP contribution in [0.25, 0.3) is 0 Å². The van der Waals surface area contributed by atoms with Crippen LogP contribution >= 0.6 is 0 Å². The van der Waals surface area contributed by atoms with Gasteiger partial charge in [0.25, 0.3) is 5.91 Å². The number of methoxy groups -OCH3 is 1. The van der Waals surface area contributed by atoms with Crippen molar-refractivity contribution in [2.45, 2.75) is 18.8 Å². The summed E-state index contributed by atoms with van der Waals surface area (Å²) in [6.07, 6.45) is 7.21. The van der Waals surface area contributed by atoms with Crippen LogP contribution < -0.4 is 4.74 Å². The Balaban J connectivity index is 1.78. The second kappa shape index (κ2) is 5.95. The first-order valence-corrected chi connectivity index (χ1v) is 7.07. The Bertz CT molecular complexity index is 612. The Hall–Kier alpha value is -2.37. The average Bonchev–Trinajstić information content (AvgIpc) is 3.09. The molecule has 1 fully saturated rings. The van der Waals surface area contributed by atoms with Gasteiger partial charge < -0.3 is 14.6 Å². The Morgan fingerprint density at radius 3 is 3.10 bits per heavy atom. The summed E-state index contributed by atoms with van der Waals surface area (Å²) in [6, 6.07) is 3.51. The van der Waals surface area contributed by atoms with E-state index in [9.17, 15) is 4.79 Å². The maximum absolute atomic E-state index is 12.7. The van der Waals surface area contributed by atoms with Gasteiger partial charge in [-0.2, -0.15) is 0 Å². The molecule has 110 valence electrons. The third-order valence-corrected chi connectivity index (χ3v) is 3.81. The van der Waals surface area contributed by atoms with Gasteiger partial charge in [0.1, 0.15) is 11.4 Å². The fourth-order valence-corrected chi connectivity index (χ4v) is 2.77. The van der Waals surface area contributed by atoms with Crippen molar-refractivity contribution in [3.05, 3.63) is 42.1 Å². The zero-order chi connectivity index (χ0) is 14.7. The summed E-state index contributed by atoms with van der Waals surface area (Å²) in [6.45, 7) is 1.43. The van der Waals surface area contributed by atoms with Crippen molar-refractivity contribution in [2.75, 3.05) is 20.2 Å². The van der Waals surface area contributed by atoms with E-state index in [-0.39, 0.29) is 11.8 Å². The molecule has 6 nitrogen and oxygen atoms in total. The van der Waals surface area contributed by atoms with Gasteiger partial charge in [-0.3, -0.25) is 4.79 Å². The summed E-state index contributed by atoms with van der Waals surface area (Å²) in [5, 5.41) is 0. The van der Waals surface area contributed by atoms with Gasteiger partial charge in [-0.1, -0.05) is 0 Å². The monoisotopic (exact) mass is 286 g/mol. The van der Waals surface area contributed by atoms with Crippen LogP contribution in [-0.4, -0.2) is 46.0 Å². The summed E-state index contributed by atoms with van der Waals surface area (Å²) in [5.41, 5.74) is 0.514. The fraction of sp³-hybridized carbons (Fsp3) is 0.400. The van der Waals surface area contributed by atoms with Gasteiger partial charge in [-0.05, 0) is 25.0 Å². The summed E-state index contributed by atoms with van der Waals surface area (Å²) in [7, 11) is 1.53. The number of likely N-dealkylation sites (tertiary alicyclic amines) is 1. The van der Waals surface area contributed by atoms with E-state index in [1.807, 2.05) is 11.1 Å². The summed E-state index contributed by atoms with van der Waals surface area (Å²) in [5.74, 6) is 1.56. The van der Waals surface area contributed by atoms with E-state index in [2.05, 4.69) is 15.0 Å². The number of aromatic amines is 1. The number of amides is 1. The van der Waals surface area contributed by atoms with Crippen LogP contribution in [0.1, 0.15) is 34.9 Å². The number of pyridine rings is 1. The van der Waals surface area contributed by atoms with E-state index in [0.717, 1.165) is 25.2 Å². The Labute approximate surface area is 123 Å². The van der Waals surface area contributed by atoms with Crippen LogP contribution in [0.2, 0.25) is 0 Å². The number of carbonyl (C=O) groups excluding carboxylic acids is 1. The van der Waals surface area contributed by atoms with E-state index in [0.29, 0.717) is 18.0 Å². The SMILES string of the molecule is COc1ncccc1C(=O)N1CCCC(c2ncc[nH]2)C1. The first-order chi connectivity index (χ1) is 10.3. The number of hydrogen-bond donors (Lipinski definition) is 1. The lowest BCUT2D eigenvalue weighted by Crippen LogP contribution is -2.39. The van der Waals surface area contributed by atoms with Crippen LogP contribution in [0.15, 0.2) is 30.7 Å². The number of H-pyrrole nitrogens is 1. The van der Waals surface area contributed by atoms with Crippen LogP contribution in [0.4, 0.5) is 0 Å². The molecule has 2 aromatic rings. The number of imidazole rings is 1. The highest BCUT2D eigenvalue weighted by atomic mass is 16.5. The number of carbonyl (C=O) groups is 1. The largest absolute Gasteiger partial charge is 0.480 e. The van der Waals surface area contributed by atoms with Gasteiger partial charge in [-0.25, -0.2) is 9.97 Å². The molecule has 6 heteroatoms. The van der Waals surface area contributed by atoms with E-state index in [1.165, 1.54) is 7.11 Å². The third kappa shape index (κ3) is 2.74. The van der Waals surface area contributed by atoms with Crippen molar-refractivity contribution in [1.82, 2.24) is 19.9 Å². The van der Waals surface area contributed by atoms with Crippen molar-refractivity contribution < 1.29 is 9.53 Å². The molecule has 1 N–H and O–H groups in total. The average molecular weight is 286 g/mol. The second-order valence-corrected chi connectivity index (χ2v) is 5.12. The quantitative estimate of drug-likeness (QED) is 0.934. The molecule has 1 amide bonds. The molecule has 0 saturated carbocycles. The Kier molecular flexibility index (Phi) is 3.85. The van der Waals surface area contributed by atoms with Crippen molar-refractivity contribution in [2.24, 2.45) is 0 Å². The van der Waals surface area contributed by atoms with Crippen molar-refractivity contribution in [3.8, 4) is 5.88 Å². The molecule has 1 unspecified atom stereocenters. The van der Waals surface area contributed by atoms with Crippen molar-refractivity contribution >= 4 is 5.91 Å². The van der Waals surface area contributed by atoms with E-state index in [1.54, 1.807) is 24.5 Å². The molecular formula is C15H18N4O2. The predicted molar refractivity (Wildman–Crippen MR) is 77.3 cm³/mol. The number of hydrogen-bond acceptors (Lipinski definition) is 4. The normalized spacial score (nSPS) is 18.5. The summed E-state index contributed by atoms with van der Waals surface area (Å²) >= 11 is 0. The predicted octanol–water partition coefficient (Wildman–Crippen LogP) is 1.83. The zero-order valence-electron chi connectivity index (χ0n) is 12.0. The number of nitrogens with zero attached hydrogens (tertiary/aromatic N) is 3. The molecule has 0 aromatic carbocycles. The molecule has 3 rings (SSSR count). The summed E-state index contributed by atoms with van der Waals surface area (Å²) in [4.78, 5) is 26.1. The Morgan fingerprint density at radius 2 is 2.33 bits per heavy atom. The number of aromatic nitrogens is 3. The topological polar surface area (TPSA) is 71.1 Å². The third-order valence-electron chi connectivity index (χ3n) is 3.81. The van der Waals surface area contributed by atoms with Crippen LogP contribution in [0, 0.1) is 0 Å². The molecule has 0 bridgehead atoms. The first-order valence-electron chi connectivity index (χ1n) is 7.07. The molecule has 1 aliphatic rings. The highest BCUT2D eigenvalue weighted by Crippen LogP contribution is 2.26. The molecule has 21 heavy (non-hydrogen) atoms. The maximum atomic E-state index is 12.7. The molecule has 1 saturated heterocycles. The number of nitrogens with one attached hydrogen (secondary N) is 1. The molecule has 3 heterocycles. The van der Waals surface area contributed by atoms with E-state index < -0.39 is 0 Å². The molecule has 1 atom stereocenters. The second-order valence-electron chi connectivity index (χ2n) is 5.12. The smallest absolute Gasteiger partial charge is 0.259 e. The van der Waals surface area contributed by atoms with Gasteiger partial charge in [0.2, 0.25) is 5.88 Å². The molecular weight excluding hydrogens is 268 g/mol. The highest BCUT2D eigenvalue weighted by molar-refractivity contribution is 5.96. The van der Waals surface area contributed by atoms with Gasteiger partial charge in [0, 0.05) is 37.6 Å². The van der Waals surface area contributed by atoms with Crippen LogP contribution in [0.5, 0.6) is 5.88 Å². The van der Waals surface area contributed by atoms with Crippen LogP contribution in [0.3, 0.4) is 0 Å². The zero-order valence-corrected chi connectivity index (χ0v) is 12.0. The maximum Gasteiger partial charge on any atom is 0.259 e. The van der Waals surface area contributed by atoms with Gasteiger partial charge in [0.05, 0.1) is 7.11 Å². The van der Waals surface area contributed by atoms with E-state index in [4.69, 9.17) is 4.74 Å². The minimum absolute atomic E-state index is 0.0313. The fourth-order valence-electron chi connectivity index (χ4n) is 2.77. The van der Waals surface area contributed by atoms with Crippen molar-refractivity contribution in [3.63, 3.8) is 0 Å². The summed E-state index contributed by atoms with van der Waals surface area (Å²) < 4.78 is 5.18. The lowest BCUT2D eigenvalue weighted by atomic mass is 9.97. The van der Waals surface area contributed by atoms with Gasteiger partial charge in [-0.15, -0.1) is 0 Å². The lowest BCUT2D eigenvalue weighted by molar-refractivity contribution is 0.0700. The Morgan fingerprint density at radius 1 is 1.43 bits per heavy atom. The van der Waals surface area contributed by atoms with E-state index >= 15 is 0 Å². The molecule has 2 aromatic heterocycles. The standard InChI is InChI=1S/C15H18N4O2/c1-21-14-12(5-2-6-18-14)15(20)19-9-3-4-11(10-19)13-16-7-8-17-13/h2,5-8,11H,3-4,9-10H2,1H3,(H,16,17). The van der Waals surface area contributed by atoms with Gasteiger partial charge >= 0.3 is 0 Å². The molecule has 0 radical (unpaired) electrons. The number of piperidine rings is 1. The molecule has 0 aliphatic carbocycles. The highest BCUT2D eigenvalue weighted by Gasteiger charge is 2.28. The number of ether oxygens (including phenoxy) is 1. The minimum Gasteiger partial charge on any atom is -0.480 e.